The van der Waals surface area contributed by atoms with E-state index >= 15 is 0 Å². The largest absolute Gasteiger partial charge is 0.385 e. The van der Waals surface area contributed by atoms with Crippen LogP contribution in [0.25, 0.3) is 0 Å². The number of ketones is 1. The molecular weight excluding hydrogens is 244 g/mol. The van der Waals surface area contributed by atoms with Crippen LogP contribution in [0.1, 0.15) is 23.7 Å². The van der Waals surface area contributed by atoms with Crippen LogP contribution in [-0.4, -0.2) is 51.3 Å². The van der Waals surface area contributed by atoms with E-state index in [0.29, 0.717) is 12.2 Å². The summed E-state index contributed by atoms with van der Waals surface area (Å²) in [6.07, 6.45) is 2.55. The summed E-state index contributed by atoms with van der Waals surface area (Å²) in [5, 5.41) is 0. The van der Waals surface area contributed by atoms with Crippen LogP contribution in [0.4, 0.5) is 5.82 Å². The number of aromatic nitrogens is 1. The van der Waals surface area contributed by atoms with Gasteiger partial charge in [-0.05, 0) is 25.5 Å². The molecule has 1 aromatic heterocycles. The highest BCUT2D eigenvalue weighted by Gasteiger charge is 2.08. The predicted octanol–water partition coefficient (Wildman–Crippen LogP) is 1.77. The molecular formula is C14H22N2O3. The van der Waals surface area contributed by atoms with Gasteiger partial charge in [0.15, 0.2) is 5.78 Å². The molecule has 0 aliphatic rings. The van der Waals surface area contributed by atoms with Crippen LogP contribution in [0, 0.1) is 0 Å². The van der Waals surface area contributed by atoms with Crippen molar-refractivity contribution in [2.45, 2.75) is 13.3 Å². The van der Waals surface area contributed by atoms with E-state index in [9.17, 15) is 4.79 Å². The van der Waals surface area contributed by atoms with E-state index in [2.05, 4.69) is 9.88 Å². The van der Waals surface area contributed by atoms with Crippen LogP contribution in [0.5, 0.6) is 0 Å². The first kappa shape index (κ1) is 15.6. The molecule has 1 rings (SSSR count). The van der Waals surface area contributed by atoms with E-state index in [-0.39, 0.29) is 5.78 Å². The molecule has 0 saturated carbocycles. The van der Waals surface area contributed by atoms with E-state index in [4.69, 9.17) is 9.47 Å². The minimum absolute atomic E-state index is 0.0295. The molecule has 1 aromatic rings. The van der Waals surface area contributed by atoms with Gasteiger partial charge in [0.1, 0.15) is 5.82 Å². The lowest BCUT2D eigenvalue weighted by molar-refractivity contribution is 0.101. The number of ether oxygens (including phenoxy) is 2. The number of carbonyl (C=O) groups excluding carboxylic acids is 1. The van der Waals surface area contributed by atoms with Gasteiger partial charge in [-0.2, -0.15) is 0 Å². The van der Waals surface area contributed by atoms with E-state index in [1.54, 1.807) is 26.5 Å². The number of nitrogens with zero attached hydrogens (tertiary/aromatic N) is 2. The summed E-state index contributed by atoms with van der Waals surface area (Å²) < 4.78 is 10.2. The van der Waals surface area contributed by atoms with E-state index < -0.39 is 0 Å². The number of hydrogen-bond acceptors (Lipinski definition) is 5. The van der Waals surface area contributed by atoms with Crippen molar-refractivity contribution in [2.24, 2.45) is 0 Å². The van der Waals surface area contributed by atoms with Gasteiger partial charge in [-0.25, -0.2) is 4.98 Å². The fraction of sp³-hybridized carbons (Fsp3) is 0.571. The summed E-state index contributed by atoms with van der Waals surface area (Å²) in [5.74, 6) is 0.889. The minimum Gasteiger partial charge on any atom is -0.385 e. The first-order valence-electron chi connectivity index (χ1n) is 6.39. The summed E-state index contributed by atoms with van der Waals surface area (Å²) >= 11 is 0. The van der Waals surface area contributed by atoms with Crippen molar-refractivity contribution in [3.05, 3.63) is 23.9 Å². The number of hydrogen-bond donors (Lipinski definition) is 0. The third kappa shape index (κ3) is 5.36. The first-order valence-corrected chi connectivity index (χ1v) is 6.39. The molecule has 0 amide bonds. The Morgan fingerprint density at radius 3 is 2.47 bits per heavy atom. The minimum atomic E-state index is 0.0295. The molecule has 0 N–H and O–H groups in total. The lowest BCUT2D eigenvalue weighted by Crippen LogP contribution is -2.29. The standard InChI is InChI=1S/C14H22N2O3/c1-12(17)13-5-6-14(15-11-13)16(8-10-19-3)7-4-9-18-2/h5-6,11H,4,7-10H2,1-3H3. The van der Waals surface area contributed by atoms with E-state index in [1.807, 2.05) is 6.07 Å². The molecule has 0 aliphatic carbocycles. The number of rotatable bonds is 9. The van der Waals surface area contributed by atoms with Gasteiger partial charge in [0.25, 0.3) is 0 Å². The molecule has 5 nitrogen and oxygen atoms in total. The summed E-state index contributed by atoms with van der Waals surface area (Å²) in [7, 11) is 3.37. The van der Waals surface area contributed by atoms with E-state index in [0.717, 1.165) is 31.9 Å². The van der Waals surface area contributed by atoms with Crippen molar-refractivity contribution in [1.82, 2.24) is 4.98 Å². The maximum atomic E-state index is 11.2. The van der Waals surface area contributed by atoms with Crippen molar-refractivity contribution < 1.29 is 14.3 Å². The van der Waals surface area contributed by atoms with Crippen molar-refractivity contribution in [1.29, 1.82) is 0 Å². The highest BCUT2D eigenvalue weighted by atomic mass is 16.5. The number of carbonyl (C=O) groups is 1. The Hall–Kier alpha value is -1.46. The van der Waals surface area contributed by atoms with Crippen molar-refractivity contribution >= 4 is 11.6 Å². The second-order valence-corrected chi connectivity index (χ2v) is 4.29. The zero-order valence-electron chi connectivity index (χ0n) is 11.9. The SMILES string of the molecule is COCCCN(CCOC)c1ccc(C(C)=O)cn1. The highest BCUT2D eigenvalue weighted by molar-refractivity contribution is 5.93. The zero-order chi connectivity index (χ0) is 14.1. The molecule has 106 valence electrons. The Kier molecular flexibility index (Phi) is 7.07. The maximum absolute atomic E-state index is 11.2. The van der Waals surface area contributed by atoms with Gasteiger partial charge in [-0.15, -0.1) is 0 Å². The number of Topliss-reactive ketones (excluding diaryl/α,β-unsaturated/α-hetero) is 1. The summed E-state index contributed by atoms with van der Waals surface area (Å²) in [6.45, 7) is 4.52. The summed E-state index contributed by atoms with van der Waals surface area (Å²) in [5.41, 5.74) is 0.632. The quantitative estimate of drug-likeness (QED) is 0.503. The fourth-order valence-corrected chi connectivity index (χ4v) is 1.72. The van der Waals surface area contributed by atoms with Gasteiger partial charge in [0.05, 0.1) is 6.61 Å². The third-order valence-corrected chi connectivity index (χ3v) is 2.82. The Bertz CT molecular complexity index is 379. The highest BCUT2D eigenvalue weighted by Crippen LogP contribution is 2.12. The third-order valence-electron chi connectivity index (χ3n) is 2.82. The maximum Gasteiger partial charge on any atom is 0.161 e. The smallest absolute Gasteiger partial charge is 0.161 e. The van der Waals surface area contributed by atoms with Crippen LogP contribution in [0.15, 0.2) is 18.3 Å². The molecule has 19 heavy (non-hydrogen) atoms. The van der Waals surface area contributed by atoms with Crippen LogP contribution in [-0.2, 0) is 9.47 Å². The fourth-order valence-electron chi connectivity index (χ4n) is 1.72. The van der Waals surface area contributed by atoms with Gasteiger partial charge in [-0.3, -0.25) is 4.79 Å². The second kappa shape index (κ2) is 8.61. The summed E-state index contributed by atoms with van der Waals surface area (Å²) in [6, 6.07) is 3.68. The molecule has 1 heterocycles. The van der Waals surface area contributed by atoms with Crippen LogP contribution < -0.4 is 4.90 Å². The lowest BCUT2D eigenvalue weighted by Gasteiger charge is -2.23. The van der Waals surface area contributed by atoms with Crippen LogP contribution in [0.3, 0.4) is 0 Å². The monoisotopic (exact) mass is 266 g/mol. The molecule has 0 radical (unpaired) electrons. The topological polar surface area (TPSA) is 51.7 Å². The van der Waals surface area contributed by atoms with Gasteiger partial charge in [-0.1, -0.05) is 0 Å². The van der Waals surface area contributed by atoms with Crippen molar-refractivity contribution in [2.75, 3.05) is 45.4 Å². The molecule has 0 fully saturated rings. The number of methoxy groups -OCH3 is 2. The van der Waals surface area contributed by atoms with Crippen molar-refractivity contribution in [3.8, 4) is 0 Å². The number of anilines is 1. The Balaban J connectivity index is 2.68. The molecule has 5 heteroatoms. The van der Waals surface area contributed by atoms with Gasteiger partial charge >= 0.3 is 0 Å². The predicted molar refractivity (Wildman–Crippen MR) is 74.8 cm³/mol. The van der Waals surface area contributed by atoms with Crippen molar-refractivity contribution in [3.63, 3.8) is 0 Å². The zero-order valence-corrected chi connectivity index (χ0v) is 11.9. The van der Waals surface area contributed by atoms with E-state index in [1.165, 1.54) is 6.92 Å². The Morgan fingerprint density at radius 2 is 1.95 bits per heavy atom. The normalized spacial score (nSPS) is 10.5. The van der Waals surface area contributed by atoms with Crippen LogP contribution in [0.2, 0.25) is 0 Å². The molecule has 0 saturated heterocycles. The van der Waals surface area contributed by atoms with Crippen LogP contribution >= 0.6 is 0 Å². The summed E-state index contributed by atoms with van der Waals surface area (Å²) in [4.78, 5) is 17.7. The average molecular weight is 266 g/mol. The van der Waals surface area contributed by atoms with Gasteiger partial charge in [0.2, 0.25) is 0 Å². The molecule has 0 spiro atoms. The Morgan fingerprint density at radius 1 is 1.21 bits per heavy atom. The number of pyridine rings is 1. The molecule has 0 unspecified atom stereocenters. The van der Waals surface area contributed by atoms with Gasteiger partial charge < -0.3 is 14.4 Å². The Labute approximate surface area is 114 Å². The first-order chi connectivity index (χ1) is 9.19. The second-order valence-electron chi connectivity index (χ2n) is 4.29. The average Bonchev–Trinajstić information content (AvgIpc) is 2.43. The molecule has 0 atom stereocenters. The molecule has 0 aromatic carbocycles. The lowest BCUT2D eigenvalue weighted by atomic mass is 10.2. The van der Waals surface area contributed by atoms with Gasteiger partial charge in [0, 0.05) is 45.7 Å². The molecule has 0 aliphatic heterocycles. The molecule has 0 bridgehead atoms.